The molecule has 1 amide bonds. The Morgan fingerprint density at radius 2 is 2.00 bits per heavy atom. The Hall–Kier alpha value is -2.69. The SMILES string of the molecule is Nc1cc(C[C@@H](N)CC(=O)N2CCn3c(nnc3C(F)(F)F)C2)ccc1F. The topological polar surface area (TPSA) is 103 Å². The lowest BCUT2D eigenvalue weighted by atomic mass is 10.0. The largest absolute Gasteiger partial charge is 0.451 e. The number of nitrogens with zero attached hydrogens (tertiary/aromatic N) is 4. The van der Waals surface area contributed by atoms with E-state index < -0.39 is 23.9 Å². The van der Waals surface area contributed by atoms with Crippen molar-refractivity contribution in [2.45, 2.75) is 38.1 Å². The van der Waals surface area contributed by atoms with E-state index in [0.29, 0.717) is 12.0 Å². The first-order valence-electron chi connectivity index (χ1n) is 8.21. The summed E-state index contributed by atoms with van der Waals surface area (Å²) in [6.45, 7) is 0.0218. The van der Waals surface area contributed by atoms with Gasteiger partial charge in [0, 0.05) is 25.6 Å². The van der Waals surface area contributed by atoms with Crippen LogP contribution in [0, 0.1) is 5.82 Å². The van der Waals surface area contributed by atoms with Crippen LogP contribution in [0.2, 0.25) is 0 Å². The smallest absolute Gasteiger partial charge is 0.396 e. The van der Waals surface area contributed by atoms with E-state index in [9.17, 15) is 22.4 Å². The molecule has 1 aliphatic rings. The maximum Gasteiger partial charge on any atom is 0.451 e. The van der Waals surface area contributed by atoms with Gasteiger partial charge in [0.25, 0.3) is 0 Å². The van der Waals surface area contributed by atoms with Gasteiger partial charge in [-0.05, 0) is 24.1 Å². The van der Waals surface area contributed by atoms with Crippen molar-refractivity contribution < 1.29 is 22.4 Å². The molecular weight excluding hydrogens is 368 g/mol. The Morgan fingerprint density at radius 3 is 2.67 bits per heavy atom. The predicted octanol–water partition coefficient (Wildman–Crippen LogP) is 1.32. The highest BCUT2D eigenvalue weighted by molar-refractivity contribution is 5.77. The fourth-order valence-electron chi connectivity index (χ4n) is 3.03. The molecule has 3 rings (SSSR count). The summed E-state index contributed by atoms with van der Waals surface area (Å²) < 4.78 is 52.7. The normalized spacial score (nSPS) is 15.5. The van der Waals surface area contributed by atoms with Gasteiger partial charge in [0.1, 0.15) is 5.82 Å². The molecule has 1 aromatic carbocycles. The highest BCUT2D eigenvalue weighted by atomic mass is 19.4. The third kappa shape index (κ3) is 4.18. The zero-order chi connectivity index (χ0) is 19.8. The number of fused-ring (bicyclic) bond motifs is 1. The summed E-state index contributed by atoms with van der Waals surface area (Å²) in [5.41, 5.74) is 12.2. The maximum absolute atomic E-state index is 13.2. The molecule has 1 aliphatic heterocycles. The number of alkyl halides is 3. The summed E-state index contributed by atoms with van der Waals surface area (Å²) in [4.78, 5) is 13.8. The van der Waals surface area contributed by atoms with Crippen molar-refractivity contribution in [3.63, 3.8) is 0 Å². The van der Waals surface area contributed by atoms with Crippen LogP contribution in [0.4, 0.5) is 23.2 Å². The van der Waals surface area contributed by atoms with Gasteiger partial charge in [-0.2, -0.15) is 13.2 Å². The molecule has 0 fully saturated rings. The molecule has 2 aromatic rings. The monoisotopic (exact) mass is 386 g/mol. The molecule has 2 heterocycles. The van der Waals surface area contributed by atoms with Crippen LogP contribution in [0.1, 0.15) is 23.6 Å². The Balaban J connectivity index is 1.60. The predicted molar refractivity (Wildman–Crippen MR) is 87.5 cm³/mol. The number of nitrogen functional groups attached to an aromatic ring is 1. The Morgan fingerprint density at radius 1 is 1.26 bits per heavy atom. The minimum atomic E-state index is -4.59. The number of benzene rings is 1. The molecule has 0 saturated heterocycles. The second kappa shape index (κ2) is 7.14. The number of halogens is 4. The number of amides is 1. The van der Waals surface area contributed by atoms with Crippen LogP contribution in [-0.2, 0) is 30.5 Å². The van der Waals surface area contributed by atoms with Gasteiger partial charge in [-0.1, -0.05) is 6.07 Å². The zero-order valence-corrected chi connectivity index (χ0v) is 14.2. The fourth-order valence-corrected chi connectivity index (χ4v) is 3.03. The van der Waals surface area contributed by atoms with Gasteiger partial charge in [-0.25, -0.2) is 4.39 Å². The molecule has 0 unspecified atom stereocenters. The van der Waals surface area contributed by atoms with Gasteiger partial charge in [-0.15, -0.1) is 10.2 Å². The van der Waals surface area contributed by atoms with E-state index in [1.165, 1.54) is 23.1 Å². The van der Waals surface area contributed by atoms with Crippen molar-refractivity contribution in [3.8, 4) is 0 Å². The van der Waals surface area contributed by atoms with Crippen molar-refractivity contribution >= 4 is 11.6 Å². The number of anilines is 1. The van der Waals surface area contributed by atoms with Gasteiger partial charge in [-0.3, -0.25) is 4.79 Å². The highest BCUT2D eigenvalue weighted by Crippen LogP contribution is 2.29. The number of carbonyl (C=O) groups is 1. The standard InChI is InChI=1S/C16H18F4N6O/c17-11-2-1-9(6-12(11)22)5-10(21)7-14(27)25-3-4-26-13(8-25)23-24-15(26)16(18,19)20/h1-2,6,10H,3-5,7-8,21-22H2/t10-/m1/s1. The van der Waals surface area contributed by atoms with Gasteiger partial charge in [0.2, 0.25) is 11.7 Å². The first kappa shape index (κ1) is 19.1. The summed E-state index contributed by atoms with van der Waals surface area (Å²) in [6.07, 6.45) is -4.27. The van der Waals surface area contributed by atoms with Crippen molar-refractivity contribution in [3.05, 3.63) is 41.2 Å². The van der Waals surface area contributed by atoms with Crippen LogP contribution in [0.15, 0.2) is 18.2 Å². The van der Waals surface area contributed by atoms with Crippen LogP contribution in [-0.4, -0.2) is 38.2 Å². The molecule has 4 N–H and O–H groups in total. The van der Waals surface area contributed by atoms with Crippen molar-refractivity contribution in [2.24, 2.45) is 5.73 Å². The summed E-state index contributed by atoms with van der Waals surface area (Å²) in [5, 5.41) is 6.72. The lowest BCUT2D eigenvalue weighted by Gasteiger charge is -2.29. The van der Waals surface area contributed by atoms with Crippen LogP contribution in [0.3, 0.4) is 0 Å². The average Bonchev–Trinajstić information content (AvgIpc) is 3.01. The molecule has 1 aromatic heterocycles. The fraction of sp³-hybridized carbons (Fsp3) is 0.438. The van der Waals surface area contributed by atoms with E-state index in [1.54, 1.807) is 0 Å². The Labute approximate surface area is 151 Å². The summed E-state index contributed by atoms with van der Waals surface area (Å²) in [7, 11) is 0. The van der Waals surface area contributed by atoms with E-state index in [1.807, 2.05) is 0 Å². The number of rotatable bonds is 4. The number of nitrogens with two attached hydrogens (primary N) is 2. The van der Waals surface area contributed by atoms with E-state index in [0.717, 1.165) is 4.57 Å². The van der Waals surface area contributed by atoms with E-state index in [2.05, 4.69) is 10.2 Å². The molecule has 1 atom stereocenters. The summed E-state index contributed by atoms with van der Waals surface area (Å²) >= 11 is 0. The van der Waals surface area contributed by atoms with E-state index in [-0.39, 0.29) is 43.5 Å². The quantitative estimate of drug-likeness (QED) is 0.609. The van der Waals surface area contributed by atoms with Crippen LogP contribution in [0.25, 0.3) is 0 Å². The molecule has 0 bridgehead atoms. The summed E-state index contributed by atoms with van der Waals surface area (Å²) in [6, 6.07) is 3.70. The number of hydrogen-bond acceptors (Lipinski definition) is 5. The number of carbonyl (C=O) groups excluding carboxylic acids is 1. The maximum atomic E-state index is 13.2. The minimum Gasteiger partial charge on any atom is -0.396 e. The molecule has 0 saturated carbocycles. The number of hydrogen-bond donors (Lipinski definition) is 2. The van der Waals surface area contributed by atoms with Gasteiger partial charge >= 0.3 is 6.18 Å². The van der Waals surface area contributed by atoms with Crippen molar-refractivity contribution in [1.29, 1.82) is 0 Å². The zero-order valence-electron chi connectivity index (χ0n) is 14.2. The van der Waals surface area contributed by atoms with E-state index >= 15 is 0 Å². The van der Waals surface area contributed by atoms with Gasteiger partial charge < -0.3 is 20.9 Å². The molecular formula is C16H18F4N6O. The van der Waals surface area contributed by atoms with Crippen LogP contribution in [0.5, 0.6) is 0 Å². The molecule has 11 heteroatoms. The van der Waals surface area contributed by atoms with Gasteiger partial charge in [0.15, 0.2) is 5.82 Å². The lowest BCUT2D eigenvalue weighted by molar-refractivity contribution is -0.148. The summed E-state index contributed by atoms with van der Waals surface area (Å²) in [5.74, 6) is -1.79. The first-order chi connectivity index (χ1) is 12.6. The lowest BCUT2D eigenvalue weighted by Crippen LogP contribution is -2.42. The Bertz CT molecular complexity index is 850. The second-order valence-electron chi connectivity index (χ2n) is 6.43. The van der Waals surface area contributed by atoms with Crippen molar-refractivity contribution in [2.75, 3.05) is 12.3 Å². The highest BCUT2D eigenvalue weighted by Gasteiger charge is 2.39. The molecule has 0 spiro atoms. The average molecular weight is 386 g/mol. The second-order valence-corrected chi connectivity index (χ2v) is 6.43. The third-order valence-corrected chi connectivity index (χ3v) is 4.35. The molecule has 0 aliphatic carbocycles. The molecule has 146 valence electrons. The van der Waals surface area contributed by atoms with Crippen LogP contribution < -0.4 is 11.5 Å². The number of aromatic nitrogens is 3. The minimum absolute atomic E-state index is 0.00172. The molecule has 27 heavy (non-hydrogen) atoms. The van der Waals surface area contributed by atoms with E-state index in [4.69, 9.17) is 11.5 Å². The van der Waals surface area contributed by atoms with Gasteiger partial charge in [0.05, 0.1) is 12.2 Å². The first-order valence-corrected chi connectivity index (χ1v) is 8.21. The third-order valence-electron chi connectivity index (χ3n) is 4.35. The Kier molecular flexibility index (Phi) is 5.05. The van der Waals surface area contributed by atoms with Crippen molar-refractivity contribution in [1.82, 2.24) is 19.7 Å². The molecule has 0 radical (unpaired) electrons. The van der Waals surface area contributed by atoms with Crippen LogP contribution >= 0.6 is 0 Å². The molecule has 7 nitrogen and oxygen atoms in total.